The van der Waals surface area contributed by atoms with Crippen LogP contribution < -0.4 is 14.2 Å². The van der Waals surface area contributed by atoms with Gasteiger partial charge in [-0.3, -0.25) is 9.59 Å². The number of aliphatic hydroxyl groups excluding tert-OH is 1. The number of aliphatic hydroxyl groups is 1. The molecular formula is C31H35ClN2O6. The molecule has 1 aliphatic rings. The SMILES string of the molecule is COc1ccc(C2/C(=C(\O)c3ccc(OCc4ccccc4)cc3C)C(=O)C(=O)N2CCN(C)C)cc1OC.Cl. The summed E-state index contributed by atoms with van der Waals surface area (Å²) in [5.74, 6) is 0.00889. The molecule has 1 aliphatic heterocycles. The minimum Gasteiger partial charge on any atom is -0.507 e. The number of amides is 1. The zero-order valence-corrected chi connectivity index (χ0v) is 24.2. The first-order valence-corrected chi connectivity index (χ1v) is 12.7. The lowest BCUT2D eigenvalue weighted by Gasteiger charge is -2.27. The number of likely N-dealkylation sites (tertiary alicyclic amines) is 1. The lowest BCUT2D eigenvalue weighted by Crippen LogP contribution is -2.35. The van der Waals surface area contributed by atoms with E-state index in [9.17, 15) is 14.7 Å². The minimum atomic E-state index is -0.793. The summed E-state index contributed by atoms with van der Waals surface area (Å²) in [7, 11) is 6.85. The number of aryl methyl sites for hydroxylation is 1. The molecule has 0 saturated carbocycles. The third-order valence-corrected chi connectivity index (χ3v) is 6.75. The van der Waals surface area contributed by atoms with Crippen molar-refractivity contribution in [1.82, 2.24) is 9.80 Å². The van der Waals surface area contributed by atoms with Crippen LogP contribution >= 0.6 is 12.4 Å². The molecule has 3 aromatic rings. The Kier molecular flexibility index (Phi) is 10.2. The maximum Gasteiger partial charge on any atom is 0.295 e. The van der Waals surface area contributed by atoms with Gasteiger partial charge in [-0.15, -0.1) is 12.4 Å². The number of benzene rings is 3. The van der Waals surface area contributed by atoms with Crippen molar-refractivity contribution < 1.29 is 28.9 Å². The Morgan fingerprint density at radius 3 is 2.27 bits per heavy atom. The number of ketones is 1. The number of ether oxygens (including phenoxy) is 3. The summed E-state index contributed by atoms with van der Waals surface area (Å²) in [6.07, 6.45) is 0. The summed E-state index contributed by atoms with van der Waals surface area (Å²) in [4.78, 5) is 30.0. The Labute approximate surface area is 241 Å². The summed E-state index contributed by atoms with van der Waals surface area (Å²) in [6.45, 7) is 3.09. The van der Waals surface area contributed by atoms with Gasteiger partial charge in [-0.25, -0.2) is 0 Å². The lowest BCUT2D eigenvalue weighted by molar-refractivity contribution is -0.140. The molecule has 1 saturated heterocycles. The molecule has 3 aromatic carbocycles. The fraction of sp³-hybridized carbons (Fsp3) is 0.290. The maximum absolute atomic E-state index is 13.4. The summed E-state index contributed by atoms with van der Waals surface area (Å²) >= 11 is 0. The molecule has 8 nitrogen and oxygen atoms in total. The summed E-state index contributed by atoms with van der Waals surface area (Å²) in [5.41, 5.74) is 2.87. The number of methoxy groups -OCH3 is 2. The van der Waals surface area contributed by atoms with E-state index in [4.69, 9.17) is 14.2 Å². The van der Waals surface area contributed by atoms with E-state index in [2.05, 4.69) is 0 Å². The fourth-order valence-electron chi connectivity index (χ4n) is 4.67. The van der Waals surface area contributed by atoms with Crippen molar-refractivity contribution >= 4 is 29.9 Å². The van der Waals surface area contributed by atoms with Gasteiger partial charge in [0.1, 0.15) is 18.1 Å². The van der Waals surface area contributed by atoms with Gasteiger partial charge >= 0.3 is 0 Å². The van der Waals surface area contributed by atoms with Gasteiger partial charge in [0.25, 0.3) is 11.7 Å². The van der Waals surface area contributed by atoms with Crippen LogP contribution in [-0.2, 0) is 16.2 Å². The Bertz CT molecular complexity index is 1390. The number of Topliss-reactive ketones (excluding diaryl/α,β-unsaturated/α-hetero) is 1. The van der Waals surface area contributed by atoms with Crippen molar-refractivity contribution in [3.63, 3.8) is 0 Å². The summed E-state index contributed by atoms with van der Waals surface area (Å²) < 4.78 is 16.8. The van der Waals surface area contributed by atoms with E-state index >= 15 is 0 Å². The monoisotopic (exact) mass is 566 g/mol. The molecule has 1 heterocycles. The first-order chi connectivity index (χ1) is 18.7. The van der Waals surface area contributed by atoms with Crippen LogP contribution in [-0.4, -0.2) is 68.0 Å². The molecule has 0 aromatic heterocycles. The number of carbonyl (C=O) groups excluding carboxylic acids is 2. The van der Waals surface area contributed by atoms with Crippen LogP contribution in [0.25, 0.3) is 5.76 Å². The van der Waals surface area contributed by atoms with Crippen molar-refractivity contribution in [2.45, 2.75) is 19.6 Å². The van der Waals surface area contributed by atoms with Crippen LogP contribution in [0.1, 0.15) is 28.3 Å². The molecule has 0 spiro atoms. The van der Waals surface area contributed by atoms with Crippen LogP contribution in [0, 0.1) is 6.92 Å². The predicted molar refractivity (Wildman–Crippen MR) is 156 cm³/mol. The number of hydrogen-bond acceptors (Lipinski definition) is 7. The topological polar surface area (TPSA) is 88.5 Å². The van der Waals surface area contributed by atoms with Crippen molar-refractivity contribution in [3.8, 4) is 17.2 Å². The van der Waals surface area contributed by atoms with E-state index in [-0.39, 0.29) is 23.7 Å². The standard InChI is InChI=1S/C31H34N2O6.ClH/c1-20-17-23(39-19-21-9-7-6-8-10-21)12-13-24(20)29(34)27-28(22-11-14-25(37-4)26(18-22)38-5)33(16-15-32(2)3)31(36)30(27)35;/h6-14,17-18,28,34H,15-16,19H2,1-5H3;1H/b29-27+;. The van der Waals surface area contributed by atoms with E-state index in [1.165, 1.54) is 19.1 Å². The van der Waals surface area contributed by atoms with Gasteiger partial charge in [-0.2, -0.15) is 0 Å². The quantitative estimate of drug-likeness (QED) is 0.210. The highest BCUT2D eigenvalue weighted by molar-refractivity contribution is 6.46. The minimum absolute atomic E-state index is 0. The number of carbonyl (C=O) groups is 2. The van der Waals surface area contributed by atoms with Crippen LogP contribution in [0.15, 0.2) is 72.3 Å². The Morgan fingerprint density at radius 1 is 0.950 bits per heavy atom. The molecule has 1 amide bonds. The Hall–Kier alpha value is -4.01. The first-order valence-electron chi connectivity index (χ1n) is 12.7. The average molecular weight is 567 g/mol. The lowest BCUT2D eigenvalue weighted by atomic mass is 9.93. The van der Waals surface area contributed by atoms with Gasteiger partial charge < -0.3 is 29.1 Å². The van der Waals surface area contributed by atoms with Gasteiger partial charge in [0.15, 0.2) is 11.5 Å². The van der Waals surface area contributed by atoms with Crippen molar-refractivity contribution in [2.75, 3.05) is 41.4 Å². The predicted octanol–water partition coefficient (Wildman–Crippen LogP) is 5.00. The molecule has 0 radical (unpaired) electrons. The number of nitrogens with zero attached hydrogens (tertiary/aromatic N) is 2. The second-order valence-electron chi connectivity index (χ2n) is 9.66. The highest BCUT2D eigenvalue weighted by Gasteiger charge is 2.46. The molecule has 40 heavy (non-hydrogen) atoms. The van der Waals surface area contributed by atoms with E-state index in [1.807, 2.05) is 62.3 Å². The smallest absolute Gasteiger partial charge is 0.295 e. The second kappa shape index (κ2) is 13.4. The third kappa shape index (κ3) is 6.41. The number of hydrogen-bond donors (Lipinski definition) is 1. The second-order valence-corrected chi connectivity index (χ2v) is 9.66. The van der Waals surface area contributed by atoms with Crippen molar-refractivity contribution in [3.05, 3.63) is 94.6 Å². The normalized spacial score (nSPS) is 16.1. The molecule has 1 atom stereocenters. The Morgan fingerprint density at radius 2 is 1.65 bits per heavy atom. The fourth-order valence-corrected chi connectivity index (χ4v) is 4.67. The molecule has 1 N–H and O–H groups in total. The van der Waals surface area contributed by atoms with Crippen molar-refractivity contribution in [1.29, 1.82) is 0 Å². The molecule has 1 fully saturated rings. The molecule has 4 rings (SSSR count). The Balaban J connectivity index is 0.00000441. The van der Waals surface area contributed by atoms with Gasteiger partial charge in [0.05, 0.1) is 25.8 Å². The molecular weight excluding hydrogens is 532 g/mol. The van der Waals surface area contributed by atoms with E-state index < -0.39 is 17.7 Å². The van der Waals surface area contributed by atoms with Crippen molar-refractivity contribution in [2.24, 2.45) is 0 Å². The van der Waals surface area contributed by atoms with Crippen LogP contribution in [0.5, 0.6) is 17.2 Å². The maximum atomic E-state index is 13.4. The van der Waals surface area contributed by atoms with Gasteiger partial charge in [0.2, 0.25) is 0 Å². The first kappa shape index (κ1) is 30.5. The zero-order valence-electron chi connectivity index (χ0n) is 23.3. The number of halogens is 1. The van der Waals surface area contributed by atoms with Gasteiger partial charge in [-0.05, 0) is 68.0 Å². The zero-order chi connectivity index (χ0) is 28.1. The highest BCUT2D eigenvalue weighted by Crippen LogP contribution is 2.42. The van der Waals surface area contributed by atoms with Crippen LogP contribution in [0.4, 0.5) is 0 Å². The highest BCUT2D eigenvalue weighted by atomic mass is 35.5. The van der Waals surface area contributed by atoms with Crippen LogP contribution in [0.2, 0.25) is 0 Å². The molecule has 1 unspecified atom stereocenters. The number of likely N-dealkylation sites (N-methyl/N-ethyl adjacent to an activating group) is 1. The summed E-state index contributed by atoms with van der Waals surface area (Å²) in [6, 6.07) is 19.5. The van der Waals surface area contributed by atoms with E-state index in [0.29, 0.717) is 53.6 Å². The van der Waals surface area contributed by atoms with Gasteiger partial charge in [0, 0.05) is 18.7 Å². The summed E-state index contributed by atoms with van der Waals surface area (Å²) in [5, 5.41) is 11.5. The molecule has 212 valence electrons. The molecule has 9 heteroatoms. The van der Waals surface area contributed by atoms with Crippen LogP contribution in [0.3, 0.4) is 0 Å². The van der Waals surface area contributed by atoms with E-state index in [1.54, 1.807) is 30.3 Å². The van der Waals surface area contributed by atoms with E-state index in [0.717, 1.165) is 5.56 Å². The average Bonchev–Trinajstić information content (AvgIpc) is 3.19. The molecule has 0 bridgehead atoms. The van der Waals surface area contributed by atoms with Gasteiger partial charge in [-0.1, -0.05) is 36.4 Å². The third-order valence-electron chi connectivity index (χ3n) is 6.75. The number of rotatable bonds is 10. The largest absolute Gasteiger partial charge is 0.507 e. The molecule has 0 aliphatic carbocycles.